The lowest BCUT2D eigenvalue weighted by molar-refractivity contribution is 0.103. The van der Waals surface area contributed by atoms with Gasteiger partial charge in [0.05, 0.1) is 10.2 Å². The molecule has 3 rings (SSSR count). The van der Waals surface area contributed by atoms with Gasteiger partial charge in [-0.25, -0.2) is 8.78 Å². The largest absolute Gasteiger partial charge is 0.289 e. The van der Waals surface area contributed by atoms with Crippen LogP contribution in [-0.2, 0) is 0 Å². The Morgan fingerprint density at radius 2 is 1.79 bits per heavy atom. The molecule has 2 aromatic heterocycles. The molecule has 2 heterocycles. The Labute approximate surface area is 111 Å². The molecule has 5 heteroatoms. The average Bonchev–Trinajstić information content (AvgIpc) is 2.83. The molecule has 19 heavy (non-hydrogen) atoms. The van der Waals surface area contributed by atoms with E-state index in [1.165, 1.54) is 17.5 Å². The van der Waals surface area contributed by atoms with Crippen LogP contribution in [0.25, 0.3) is 10.2 Å². The normalized spacial score (nSPS) is 10.8. The number of fused-ring (bicyclic) bond motifs is 1. The van der Waals surface area contributed by atoms with Gasteiger partial charge < -0.3 is 0 Å². The summed E-state index contributed by atoms with van der Waals surface area (Å²) in [7, 11) is 0. The SMILES string of the molecule is O=C(c1cc(F)cc(F)c1)c1cnc2ccsc2c1. The summed E-state index contributed by atoms with van der Waals surface area (Å²) in [4.78, 5) is 16.3. The van der Waals surface area contributed by atoms with E-state index in [-0.39, 0.29) is 5.56 Å². The fourth-order valence-corrected chi connectivity index (χ4v) is 2.60. The van der Waals surface area contributed by atoms with E-state index in [2.05, 4.69) is 4.98 Å². The zero-order valence-corrected chi connectivity index (χ0v) is 10.4. The van der Waals surface area contributed by atoms with Gasteiger partial charge in [-0.3, -0.25) is 9.78 Å². The van der Waals surface area contributed by atoms with Crippen molar-refractivity contribution in [3.8, 4) is 0 Å². The predicted molar refractivity (Wildman–Crippen MR) is 69.4 cm³/mol. The summed E-state index contributed by atoms with van der Waals surface area (Å²) in [5.74, 6) is -1.98. The molecule has 0 aliphatic carbocycles. The molecule has 0 aliphatic rings. The fraction of sp³-hybridized carbons (Fsp3) is 0. The third-order valence-electron chi connectivity index (χ3n) is 2.69. The van der Waals surface area contributed by atoms with Crippen LogP contribution in [0.2, 0.25) is 0 Å². The highest BCUT2D eigenvalue weighted by atomic mass is 32.1. The van der Waals surface area contributed by atoms with Gasteiger partial charge >= 0.3 is 0 Å². The maximum Gasteiger partial charge on any atom is 0.194 e. The van der Waals surface area contributed by atoms with Gasteiger partial charge in [0.15, 0.2) is 5.78 Å². The molecule has 3 aromatic rings. The van der Waals surface area contributed by atoms with E-state index in [9.17, 15) is 13.6 Å². The molecular weight excluding hydrogens is 268 g/mol. The van der Waals surface area contributed by atoms with Gasteiger partial charge in [0, 0.05) is 23.4 Å². The molecule has 0 saturated carbocycles. The second-order valence-electron chi connectivity index (χ2n) is 4.02. The minimum absolute atomic E-state index is 0.0183. The van der Waals surface area contributed by atoms with Gasteiger partial charge in [-0.15, -0.1) is 11.3 Å². The molecule has 0 aliphatic heterocycles. The number of benzene rings is 1. The quantitative estimate of drug-likeness (QED) is 0.666. The standard InChI is InChI=1S/C14H7F2NOS/c15-10-3-8(4-11(16)6-10)14(18)9-5-13-12(17-7-9)1-2-19-13/h1-7H. The van der Waals surface area contributed by atoms with E-state index in [1.54, 1.807) is 6.07 Å². The summed E-state index contributed by atoms with van der Waals surface area (Å²) in [5.41, 5.74) is 1.10. The number of nitrogens with zero attached hydrogens (tertiary/aromatic N) is 1. The Hall–Kier alpha value is -2.14. The Morgan fingerprint density at radius 1 is 1.05 bits per heavy atom. The molecular formula is C14H7F2NOS. The Kier molecular flexibility index (Phi) is 2.83. The van der Waals surface area contributed by atoms with Crippen LogP contribution in [0.15, 0.2) is 41.9 Å². The summed E-state index contributed by atoms with van der Waals surface area (Å²) in [5, 5.41) is 1.87. The van der Waals surface area contributed by atoms with Crippen LogP contribution < -0.4 is 0 Å². The van der Waals surface area contributed by atoms with Crippen molar-refractivity contribution in [2.75, 3.05) is 0 Å². The monoisotopic (exact) mass is 275 g/mol. The first-order chi connectivity index (χ1) is 9.13. The zero-order valence-electron chi connectivity index (χ0n) is 9.56. The first-order valence-electron chi connectivity index (χ1n) is 5.47. The van der Waals surface area contributed by atoms with E-state index >= 15 is 0 Å². The molecule has 2 nitrogen and oxygen atoms in total. The number of pyridine rings is 1. The van der Waals surface area contributed by atoms with E-state index < -0.39 is 17.4 Å². The number of ketones is 1. The van der Waals surface area contributed by atoms with Crippen molar-refractivity contribution in [2.24, 2.45) is 0 Å². The van der Waals surface area contributed by atoms with Gasteiger partial charge in [-0.2, -0.15) is 0 Å². The third-order valence-corrected chi connectivity index (χ3v) is 3.54. The van der Waals surface area contributed by atoms with Crippen LogP contribution in [0.5, 0.6) is 0 Å². The molecule has 0 atom stereocenters. The summed E-state index contributed by atoms with van der Waals surface area (Å²) in [6.07, 6.45) is 1.42. The second kappa shape index (κ2) is 4.51. The van der Waals surface area contributed by atoms with Crippen molar-refractivity contribution in [3.63, 3.8) is 0 Å². The van der Waals surface area contributed by atoms with Gasteiger partial charge in [0.1, 0.15) is 11.6 Å². The molecule has 94 valence electrons. The summed E-state index contributed by atoms with van der Waals surface area (Å²) in [6.45, 7) is 0. The van der Waals surface area contributed by atoms with Crippen LogP contribution in [0, 0.1) is 11.6 Å². The van der Waals surface area contributed by atoms with E-state index in [1.807, 2.05) is 11.4 Å². The van der Waals surface area contributed by atoms with E-state index in [4.69, 9.17) is 0 Å². The summed E-state index contributed by atoms with van der Waals surface area (Å²) < 4.78 is 27.1. The second-order valence-corrected chi connectivity index (χ2v) is 4.96. The summed E-state index contributed by atoms with van der Waals surface area (Å²) in [6, 6.07) is 6.29. The van der Waals surface area contributed by atoms with Crippen LogP contribution in [0.3, 0.4) is 0 Å². The lowest BCUT2D eigenvalue weighted by Gasteiger charge is -2.02. The number of aromatic nitrogens is 1. The Balaban J connectivity index is 2.07. The highest BCUT2D eigenvalue weighted by Crippen LogP contribution is 2.21. The van der Waals surface area contributed by atoms with Crippen LogP contribution >= 0.6 is 11.3 Å². The minimum Gasteiger partial charge on any atom is -0.289 e. The first-order valence-corrected chi connectivity index (χ1v) is 6.35. The van der Waals surface area contributed by atoms with Crippen LogP contribution in [0.1, 0.15) is 15.9 Å². The van der Waals surface area contributed by atoms with Gasteiger partial charge in [0.25, 0.3) is 0 Å². The van der Waals surface area contributed by atoms with Crippen molar-refractivity contribution in [2.45, 2.75) is 0 Å². The topological polar surface area (TPSA) is 30.0 Å². The van der Waals surface area contributed by atoms with Crippen molar-refractivity contribution < 1.29 is 13.6 Å². The smallest absolute Gasteiger partial charge is 0.194 e. The average molecular weight is 275 g/mol. The maximum absolute atomic E-state index is 13.1. The lowest BCUT2D eigenvalue weighted by atomic mass is 10.0. The van der Waals surface area contributed by atoms with Crippen LogP contribution in [0.4, 0.5) is 8.78 Å². The number of thiophene rings is 1. The lowest BCUT2D eigenvalue weighted by Crippen LogP contribution is -2.03. The molecule has 0 N–H and O–H groups in total. The fourth-order valence-electron chi connectivity index (χ4n) is 1.82. The molecule has 0 saturated heterocycles. The number of hydrogen-bond acceptors (Lipinski definition) is 3. The minimum atomic E-state index is -0.770. The van der Waals surface area contributed by atoms with Crippen molar-refractivity contribution in [3.05, 3.63) is 64.7 Å². The number of carbonyl (C=O) groups is 1. The number of rotatable bonds is 2. The zero-order chi connectivity index (χ0) is 13.4. The van der Waals surface area contributed by atoms with Gasteiger partial charge in [-0.05, 0) is 29.6 Å². The predicted octanol–water partition coefficient (Wildman–Crippen LogP) is 3.81. The molecule has 0 bridgehead atoms. The summed E-state index contributed by atoms with van der Waals surface area (Å²) >= 11 is 1.46. The third kappa shape index (κ3) is 2.24. The highest BCUT2D eigenvalue weighted by Gasteiger charge is 2.13. The molecule has 0 fully saturated rings. The van der Waals surface area contributed by atoms with E-state index in [0.717, 1.165) is 28.4 Å². The van der Waals surface area contributed by atoms with Gasteiger partial charge in [0.2, 0.25) is 0 Å². The van der Waals surface area contributed by atoms with Crippen molar-refractivity contribution >= 4 is 27.3 Å². The molecule has 1 aromatic carbocycles. The molecule has 0 amide bonds. The van der Waals surface area contributed by atoms with Crippen LogP contribution in [-0.4, -0.2) is 10.8 Å². The Bertz CT molecular complexity index is 762. The van der Waals surface area contributed by atoms with Gasteiger partial charge in [-0.1, -0.05) is 0 Å². The highest BCUT2D eigenvalue weighted by molar-refractivity contribution is 7.17. The Morgan fingerprint density at radius 3 is 2.53 bits per heavy atom. The number of halogens is 2. The maximum atomic E-state index is 13.1. The molecule has 0 spiro atoms. The molecule has 0 unspecified atom stereocenters. The van der Waals surface area contributed by atoms with Crippen molar-refractivity contribution in [1.82, 2.24) is 4.98 Å². The van der Waals surface area contributed by atoms with Crippen molar-refractivity contribution in [1.29, 1.82) is 0 Å². The molecule has 0 radical (unpaired) electrons. The number of hydrogen-bond donors (Lipinski definition) is 0. The first kappa shape index (κ1) is 11.9. The number of carbonyl (C=O) groups excluding carboxylic acids is 1. The van der Waals surface area contributed by atoms with E-state index in [0.29, 0.717) is 5.56 Å².